The third-order valence-corrected chi connectivity index (χ3v) is 3.20. The number of sulfonamides is 1. The molecule has 0 fully saturated rings. The third-order valence-electron chi connectivity index (χ3n) is 1.36. The van der Waals surface area contributed by atoms with Gasteiger partial charge in [-0.1, -0.05) is 6.08 Å². The Labute approximate surface area is 91.2 Å². The topological polar surface area (TPSA) is 59.1 Å². The van der Waals surface area contributed by atoms with E-state index in [-0.39, 0.29) is 5.75 Å². The van der Waals surface area contributed by atoms with Gasteiger partial charge in [-0.3, -0.25) is 4.72 Å². The number of pyridine rings is 1. The van der Waals surface area contributed by atoms with Crippen molar-refractivity contribution >= 4 is 31.6 Å². The first-order chi connectivity index (χ1) is 6.55. The smallest absolute Gasteiger partial charge is 0.236 e. The van der Waals surface area contributed by atoms with Gasteiger partial charge < -0.3 is 0 Å². The van der Waals surface area contributed by atoms with E-state index in [1.54, 1.807) is 18.3 Å². The van der Waals surface area contributed by atoms with Gasteiger partial charge in [-0.25, -0.2) is 13.4 Å². The van der Waals surface area contributed by atoms with Crippen molar-refractivity contribution in [1.82, 2.24) is 4.98 Å². The Morgan fingerprint density at radius 2 is 2.36 bits per heavy atom. The number of hydrogen-bond donors (Lipinski definition) is 1. The Morgan fingerprint density at radius 1 is 1.64 bits per heavy atom. The second kappa shape index (κ2) is 4.56. The fourth-order valence-corrected chi connectivity index (χ4v) is 2.20. The normalized spacial score (nSPS) is 10.9. The van der Waals surface area contributed by atoms with Crippen molar-refractivity contribution in [2.45, 2.75) is 0 Å². The number of nitrogens with zero attached hydrogens (tertiary/aromatic N) is 1. The van der Waals surface area contributed by atoms with Crippen molar-refractivity contribution in [2.24, 2.45) is 0 Å². The highest BCUT2D eigenvalue weighted by molar-refractivity contribution is 9.10. The molecule has 0 radical (unpaired) electrons. The van der Waals surface area contributed by atoms with E-state index in [0.29, 0.717) is 10.3 Å². The van der Waals surface area contributed by atoms with Gasteiger partial charge in [0.1, 0.15) is 4.60 Å². The van der Waals surface area contributed by atoms with Crippen LogP contribution in [0.2, 0.25) is 0 Å². The summed E-state index contributed by atoms with van der Waals surface area (Å²) in [5.41, 5.74) is 0.425. The molecule has 0 aliphatic carbocycles. The minimum absolute atomic E-state index is 0.117. The van der Waals surface area contributed by atoms with Crippen LogP contribution in [-0.4, -0.2) is 19.2 Å². The Bertz CT molecular complexity index is 431. The van der Waals surface area contributed by atoms with E-state index >= 15 is 0 Å². The molecule has 1 aromatic heterocycles. The largest absolute Gasteiger partial charge is 0.281 e. The molecular weight excluding hydrogens is 268 g/mol. The molecule has 1 rings (SSSR count). The predicted molar refractivity (Wildman–Crippen MR) is 59.5 cm³/mol. The SMILES string of the molecule is C=CCS(=O)(=O)Nc1cccnc1Br. The van der Waals surface area contributed by atoms with Crippen LogP contribution >= 0.6 is 15.9 Å². The summed E-state index contributed by atoms with van der Waals surface area (Å²) in [6.07, 6.45) is 2.89. The third kappa shape index (κ3) is 3.12. The molecule has 0 bridgehead atoms. The molecule has 1 heterocycles. The molecule has 0 spiro atoms. The van der Waals surface area contributed by atoms with E-state index in [9.17, 15) is 8.42 Å². The van der Waals surface area contributed by atoms with Crippen molar-refractivity contribution < 1.29 is 8.42 Å². The lowest BCUT2D eigenvalue weighted by Crippen LogP contribution is -2.15. The zero-order chi connectivity index (χ0) is 10.6. The Morgan fingerprint density at radius 3 is 2.93 bits per heavy atom. The summed E-state index contributed by atoms with van der Waals surface area (Å²) >= 11 is 3.14. The zero-order valence-corrected chi connectivity index (χ0v) is 9.68. The average Bonchev–Trinajstić information content (AvgIpc) is 2.08. The highest BCUT2D eigenvalue weighted by Crippen LogP contribution is 2.19. The number of nitrogens with one attached hydrogen (secondary N) is 1. The zero-order valence-electron chi connectivity index (χ0n) is 7.27. The maximum Gasteiger partial charge on any atom is 0.236 e. The van der Waals surface area contributed by atoms with E-state index in [0.717, 1.165) is 0 Å². The summed E-state index contributed by atoms with van der Waals surface area (Å²) in [4.78, 5) is 3.89. The molecule has 6 heteroatoms. The molecule has 0 aromatic carbocycles. The highest BCUT2D eigenvalue weighted by atomic mass is 79.9. The van der Waals surface area contributed by atoms with Crippen LogP contribution in [0.3, 0.4) is 0 Å². The minimum atomic E-state index is -3.35. The molecule has 0 saturated heterocycles. The van der Waals surface area contributed by atoms with Crippen LogP contribution in [0.15, 0.2) is 35.6 Å². The molecule has 0 saturated carbocycles. The lowest BCUT2D eigenvalue weighted by molar-refractivity contribution is 0.604. The maximum absolute atomic E-state index is 11.3. The van der Waals surface area contributed by atoms with Crippen LogP contribution in [0.25, 0.3) is 0 Å². The van der Waals surface area contributed by atoms with Crippen molar-refractivity contribution in [3.63, 3.8) is 0 Å². The van der Waals surface area contributed by atoms with Gasteiger partial charge >= 0.3 is 0 Å². The first-order valence-corrected chi connectivity index (χ1v) is 6.21. The molecule has 1 aromatic rings. The Kier molecular flexibility index (Phi) is 3.65. The van der Waals surface area contributed by atoms with Crippen molar-refractivity contribution in [1.29, 1.82) is 0 Å². The van der Waals surface area contributed by atoms with Gasteiger partial charge in [0.15, 0.2) is 0 Å². The monoisotopic (exact) mass is 276 g/mol. The second-order valence-corrected chi connectivity index (χ2v) is 5.03. The van der Waals surface area contributed by atoms with E-state index < -0.39 is 10.0 Å². The average molecular weight is 277 g/mol. The molecule has 0 atom stereocenters. The van der Waals surface area contributed by atoms with Crippen LogP contribution in [0.1, 0.15) is 0 Å². The molecular formula is C8H9BrN2O2S. The van der Waals surface area contributed by atoms with Crippen LogP contribution in [0.5, 0.6) is 0 Å². The molecule has 0 unspecified atom stereocenters. The highest BCUT2D eigenvalue weighted by Gasteiger charge is 2.09. The van der Waals surface area contributed by atoms with Crippen molar-refractivity contribution in [3.05, 3.63) is 35.6 Å². The molecule has 14 heavy (non-hydrogen) atoms. The molecule has 0 amide bonds. The van der Waals surface area contributed by atoms with Crippen LogP contribution < -0.4 is 4.72 Å². The first-order valence-electron chi connectivity index (χ1n) is 3.77. The lowest BCUT2D eigenvalue weighted by Gasteiger charge is -2.06. The van der Waals surface area contributed by atoms with Crippen molar-refractivity contribution in [2.75, 3.05) is 10.5 Å². The maximum atomic E-state index is 11.3. The standard InChI is InChI=1S/C8H9BrN2O2S/c1-2-6-14(12,13)11-7-4-3-5-10-8(7)9/h2-5,11H,1,6H2. The summed E-state index contributed by atoms with van der Waals surface area (Å²) in [5, 5.41) is 0. The molecule has 0 aliphatic rings. The van der Waals surface area contributed by atoms with Gasteiger partial charge in [0, 0.05) is 6.20 Å². The predicted octanol–water partition coefficient (Wildman–Crippen LogP) is 1.77. The minimum Gasteiger partial charge on any atom is -0.281 e. The van der Waals surface area contributed by atoms with Gasteiger partial charge in [-0.2, -0.15) is 0 Å². The van der Waals surface area contributed by atoms with Gasteiger partial charge in [-0.15, -0.1) is 6.58 Å². The summed E-state index contributed by atoms with van der Waals surface area (Å²) in [7, 11) is -3.35. The number of anilines is 1. The summed E-state index contributed by atoms with van der Waals surface area (Å²) < 4.78 is 25.5. The van der Waals surface area contributed by atoms with Crippen LogP contribution in [0.4, 0.5) is 5.69 Å². The Balaban J connectivity index is 2.89. The lowest BCUT2D eigenvalue weighted by atomic mass is 10.4. The Hall–Kier alpha value is -0.880. The van der Waals surface area contributed by atoms with E-state index in [2.05, 4.69) is 32.2 Å². The molecule has 76 valence electrons. The molecule has 1 N–H and O–H groups in total. The molecule has 0 aliphatic heterocycles. The van der Waals surface area contributed by atoms with Gasteiger partial charge in [0.05, 0.1) is 11.4 Å². The first kappa shape index (κ1) is 11.2. The summed E-state index contributed by atoms with van der Waals surface area (Å²) in [6.45, 7) is 3.36. The van der Waals surface area contributed by atoms with Gasteiger partial charge in [0.25, 0.3) is 0 Å². The number of hydrogen-bond acceptors (Lipinski definition) is 3. The van der Waals surface area contributed by atoms with Crippen LogP contribution in [-0.2, 0) is 10.0 Å². The van der Waals surface area contributed by atoms with Gasteiger partial charge in [0.2, 0.25) is 10.0 Å². The van der Waals surface area contributed by atoms with E-state index in [4.69, 9.17) is 0 Å². The number of aromatic nitrogens is 1. The van der Waals surface area contributed by atoms with Crippen molar-refractivity contribution in [3.8, 4) is 0 Å². The van der Waals surface area contributed by atoms with Gasteiger partial charge in [-0.05, 0) is 28.1 Å². The summed E-state index contributed by atoms with van der Waals surface area (Å²) in [6, 6.07) is 3.27. The van der Waals surface area contributed by atoms with Crippen LogP contribution in [0, 0.1) is 0 Å². The quantitative estimate of drug-likeness (QED) is 0.674. The number of rotatable bonds is 4. The van der Waals surface area contributed by atoms with E-state index in [1.165, 1.54) is 6.08 Å². The molecule has 4 nitrogen and oxygen atoms in total. The second-order valence-electron chi connectivity index (χ2n) is 2.51. The van der Waals surface area contributed by atoms with E-state index in [1.807, 2.05) is 0 Å². The fraction of sp³-hybridized carbons (Fsp3) is 0.125. The summed E-state index contributed by atoms with van der Waals surface area (Å²) in [5.74, 6) is -0.117. The number of halogens is 1. The fourth-order valence-electron chi connectivity index (χ4n) is 0.827.